The van der Waals surface area contributed by atoms with Gasteiger partial charge in [-0.3, -0.25) is 0 Å². The highest BCUT2D eigenvalue weighted by molar-refractivity contribution is 8.76. The van der Waals surface area contributed by atoms with Crippen molar-refractivity contribution in [2.45, 2.75) is 32.2 Å². The maximum Gasteiger partial charge on any atom is 0.108 e. The Bertz CT molecular complexity index is 209. The van der Waals surface area contributed by atoms with Crippen molar-refractivity contribution in [2.75, 3.05) is 32.0 Å². The van der Waals surface area contributed by atoms with Crippen LogP contribution >= 0.6 is 21.6 Å². The Hall–Kier alpha value is 0.540. The van der Waals surface area contributed by atoms with E-state index < -0.39 is 0 Å². The second-order valence-electron chi connectivity index (χ2n) is 4.17. The molecule has 1 fully saturated rings. The number of hydrogen-bond donors (Lipinski definition) is 1. The van der Waals surface area contributed by atoms with Crippen molar-refractivity contribution < 1.29 is 14.2 Å². The molecule has 17 heavy (non-hydrogen) atoms. The van der Waals surface area contributed by atoms with E-state index in [9.17, 15) is 0 Å². The number of methoxy groups -OCH3 is 1. The van der Waals surface area contributed by atoms with Crippen molar-refractivity contribution in [1.29, 1.82) is 0 Å². The van der Waals surface area contributed by atoms with Gasteiger partial charge in [-0.2, -0.15) is 0 Å². The first-order valence-corrected chi connectivity index (χ1v) is 8.40. The predicted molar refractivity (Wildman–Crippen MR) is 74.2 cm³/mol. The van der Waals surface area contributed by atoms with Crippen LogP contribution in [0.3, 0.4) is 0 Å². The van der Waals surface area contributed by atoms with Crippen LogP contribution in [0.5, 0.6) is 0 Å². The van der Waals surface area contributed by atoms with Gasteiger partial charge in [0.1, 0.15) is 12.0 Å². The maximum absolute atomic E-state index is 5.89. The summed E-state index contributed by atoms with van der Waals surface area (Å²) in [6.45, 7) is 5.57. The van der Waals surface area contributed by atoms with Gasteiger partial charge in [-0.25, -0.2) is 0 Å². The van der Waals surface area contributed by atoms with E-state index >= 15 is 0 Å². The first kappa shape index (κ1) is 15.6. The van der Waals surface area contributed by atoms with Gasteiger partial charge in [0.25, 0.3) is 0 Å². The van der Waals surface area contributed by atoms with Gasteiger partial charge in [-0.05, 0) is 6.92 Å². The highest BCUT2D eigenvalue weighted by atomic mass is 33.1. The number of rotatable bonds is 8. The van der Waals surface area contributed by atoms with Crippen LogP contribution in [0.25, 0.3) is 0 Å². The zero-order chi connectivity index (χ0) is 12.7. The molecule has 0 saturated carbocycles. The molecular formula is C11H23NO3S2. The monoisotopic (exact) mass is 281 g/mol. The molecule has 4 atom stereocenters. The molecule has 0 aromatic rings. The summed E-state index contributed by atoms with van der Waals surface area (Å²) in [7, 11) is 5.15. The van der Waals surface area contributed by atoms with E-state index in [0.29, 0.717) is 25.0 Å². The molecule has 4 unspecified atom stereocenters. The van der Waals surface area contributed by atoms with E-state index in [0.717, 1.165) is 5.75 Å². The highest BCUT2D eigenvalue weighted by Crippen LogP contribution is 2.31. The fourth-order valence-electron chi connectivity index (χ4n) is 1.89. The molecule has 0 amide bonds. The SMILES string of the molecule is COCC1OC(C)C(C)C1OCSSCCN. The topological polar surface area (TPSA) is 53.7 Å². The van der Waals surface area contributed by atoms with E-state index in [-0.39, 0.29) is 18.3 Å². The highest BCUT2D eigenvalue weighted by Gasteiger charge is 2.40. The molecule has 0 bridgehead atoms. The van der Waals surface area contributed by atoms with E-state index in [1.807, 2.05) is 0 Å². The van der Waals surface area contributed by atoms with Gasteiger partial charge in [0, 0.05) is 25.3 Å². The van der Waals surface area contributed by atoms with E-state index in [1.54, 1.807) is 28.7 Å². The first-order valence-electron chi connectivity index (χ1n) is 5.91. The predicted octanol–water partition coefficient (Wildman–Crippen LogP) is 1.74. The van der Waals surface area contributed by atoms with E-state index in [4.69, 9.17) is 19.9 Å². The minimum Gasteiger partial charge on any atom is -0.382 e. The van der Waals surface area contributed by atoms with Crippen LogP contribution in [0.4, 0.5) is 0 Å². The molecule has 0 aromatic heterocycles. The van der Waals surface area contributed by atoms with Gasteiger partial charge in [0.2, 0.25) is 0 Å². The second kappa shape index (κ2) is 8.61. The fraction of sp³-hybridized carbons (Fsp3) is 1.00. The first-order chi connectivity index (χ1) is 8.20. The largest absolute Gasteiger partial charge is 0.382 e. The molecule has 1 rings (SSSR count). The molecule has 4 nitrogen and oxygen atoms in total. The minimum atomic E-state index is 0.0603. The summed E-state index contributed by atoms with van der Waals surface area (Å²) in [5, 5.41) is 0. The van der Waals surface area contributed by atoms with Crippen molar-refractivity contribution in [3.05, 3.63) is 0 Å². The molecule has 0 radical (unpaired) electrons. The van der Waals surface area contributed by atoms with Crippen LogP contribution in [0, 0.1) is 5.92 Å². The summed E-state index contributed by atoms with van der Waals surface area (Å²) in [4.78, 5) is 0. The molecule has 2 N–H and O–H groups in total. The van der Waals surface area contributed by atoms with Crippen LogP contribution in [0.1, 0.15) is 13.8 Å². The second-order valence-corrected chi connectivity index (χ2v) is 6.70. The summed E-state index contributed by atoms with van der Waals surface area (Å²) in [6.07, 6.45) is 0.433. The van der Waals surface area contributed by atoms with Gasteiger partial charge < -0.3 is 19.9 Å². The average Bonchev–Trinajstić information content (AvgIpc) is 2.57. The average molecular weight is 281 g/mol. The fourth-order valence-corrected chi connectivity index (χ4v) is 3.40. The molecule has 0 aromatic carbocycles. The number of nitrogens with two attached hydrogens (primary N) is 1. The third-order valence-corrected chi connectivity index (χ3v) is 5.03. The van der Waals surface area contributed by atoms with Gasteiger partial charge in [-0.15, -0.1) is 0 Å². The van der Waals surface area contributed by atoms with Gasteiger partial charge in [-0.1, -0.05) is 28.5 Å². The van der Waals surface area contributed by atoms with Crippen LogP contribution in [0.2, 0.25) is 0 Å². The third kappa shape index (κ3) is 4.96. The lowest BCUT2D eigenvalue weighted by molar-refractivity contribution is -0.0440. The summed E-state index contributed by atoms with van der Waals surface area (Å²) >= 11 is 0. The standard InChI is InChI=1S/C11H23NO3S2/c1-8-9(2)15-10(6-13-3)11(8)14-7-17-16-5-4-12/h8-11H,4-7,12H2,1-3H3. The number of hydrogen-bond acceptors (Lipinski definition) is 6. The molecule has 0 spiro atoms. The quantitative estimate of drug-likeness (QED) is 0.415. The molecule has 102 valence electrons. The van der Waals surface area contributed by atoms with Gasteiger partial charge in [0.05, 0.1) is 18.8 Å². The zero-order valence-electron chi connectivity index (χ0n) is 10.8. The molecule has 0 aliphatic carbocycles. The Labute approximate surface area is 112 Å². The normalized spacial score (nSPS) is 33.2. The van der Waals surface area contributed by atoms with Crippen LogP contribution in [-0.2, 0) is 14.2 Å². The van der Waals surface area contributed by atoms with Crippen molar-refractivity contribution in [3.63, 3.8) is 0 Å². The Balaban J connectivity index is 2.27. The summed E-state index contributed by atoms with van der Waals surface area (Å²) in [5.41, 5.74) is 5.42. The Kier molecular flexibility index (Phi) is 7.90. The summed E-state index contributed by atoms with van der Waals surface area (Å²) in [6, 6.07) is 0. The van der Waals surface area contributed by atoms with Gasteiger partial charge >= 0.3 is 0 Å². The van der Waals surface area contributed by atoms with Crippen molar-refractivity contribution in [2.24, 2.45) is 11.7 Å². The maximum atomic E-state index is 5.89. The van der Waals surface area contributed by atoms with Crippen molar-refractivity contribution in [1.82, 2.24) is 0 Å². The molecule has 1 heterocycles. The van der Waals surface area contributed by atoms with E-state index in [1.165, 1.54) is 0 Å². The molecule has 1 saturated heterocycles. The lowest BCUT2D eigenvalue weighted by atomic mass is 9.99. The van der Waals surface area contributed by atoms with Crippen molar-refractivity contribution >= 4 is 21.6 Å². The summed E-state index contributed by atoms with van der Waals surface area (Å²) in [5.74, 6) is 2.05. The smallest absolute Gasteiger partial charge is 0.108 e. The Morgan fingerprint density at radius 2 is 2.06 bits per heavy atom. The molecular weight excluding hydrogens is 258 g/mol. The van der Waals surface area contributed by atoms with Crippen LogP contribution in [0.15, 0.2) is 0 Å². The zero-order valence-corrected chi connectivity index (χ0v) is 12.4. The van der Waals surface area contributed by atoms with Crippen molar-refractivity contribution in [3.8, 4) is 0 Å². The molecule has 1 aliphatic heterocycles. The molecule has 1 aliphatic rings. The van der Waals surface area contributed by atoms with Crippen LogP contribution in [-0.4, -0.2) is 50.3 Å². The lowest BCUT2D eigenvalue weighted by Crippen LogP contribution is -2.32. The Morgan fingerprint density at radius 3 is 2.71 bits per heavy atom. The van der Waals surface area contributed by atoms with E-state index in [2.05, 4.69) is 13.8 Å². The van der Waals surface area contributed by atoms with Gasteiger partial charge in [0.15, 0.2) is 0 Å². The number of ether oxygens (including phenoxy) is 3. The third-order valence-electron chi connectivity index (χ3n) is 2.94. The summed E-state index contributed by atoms with van der Waals surface area (Å²) < 4.78 is 16.9. The lowest BCUT2D eigenvalue weighted by Gasteiger charge is -2.20. The molecule has 6 heteroatoms. The Morgan fingerprint density at radius 1 is 1.29 bits per heavy atom. The van der Waals surface area contributed by atoms with Crippen LogP contribution < -0.4 is 5.73 Å². The minimum absolute atomic E-state index is 0.0603.